The fourth-order valence-electron chi connectivity index (χ4n) is 2.19. The standard InChI is InChI=1S/C14H19NO3S/c1-2-7-15-13(16)8-18-14(17)11-9-19-12-6-4-3-5-10(11)12/h9H,2-8H2,1H3,(H,15,16). The van der Waals surface area contributed by atoms with Crippen LogP contribution in [-0.2, 0) is 22.4 Å². The lowest BCUT2D eigenvalue weighted by molar-refractivity contribution is -0.124. The molecule has 0 unspecified atom stereocenters. The summed E-state index contributed by atoms with van der Waals surface area (Å²) >= 11 is 1.63. The van der Waals surface area contributed by atoms with Gasteiger partial charge in [0, 0.05) is 16.8 Å². The molecule has 0 aliphatic heterocycles. The maximum atomic E-state index is 12.0. The van der Waals surface area contributed by atoms with Gasteiger partial charge in [0.05, 0.1) is 5.56 Å². The minimum absolute atomic E-state index is 0.191. The van der Waals surface area contributed by atoms with Gasteiger partial charge in [-0.15, -0.1) is 11.3 Å². The number of hydrogen-bond acceptors (Lipinski definition) is 4. The lowest BCUT2D eigenvalue weighted by Crippen LogP contribution is -2.29. The Balaban J connectivity index is 1.90. The highest BCUT2D eigenvalue weighted by atomic mass is 32.1. The normalized spacial score (nSPS) is 13.7. The number of amides is 1. The quantitative estimate of drug-likeness (QED) is 0.843. The van der Waals surface area contributed by atoms with Crippen LogP contribution < -0.4 is 5.32 Å². The van der Waals surface area contributed by atoms with Crippen molar-refractivity contribution in [1.82, 2.24) is 5.32 Å². The Kier molecular flexibility index (Phi) is 4.96. The molecule has 1 aliphatic carbocycles. The van der Waals surface area contributed by atoms with Crippen LogP contribution in [0.4, 0.5) is 0 Å². The number of rotatable bonds is 5. The van der Waals surface area contributed by atoms with E-state index in [-0.39, 0.29) is 18.5 Å². The minimum atomic E-state index is -0.369. The molecule has 0 saturated heterocycles. The number of esters is 1. The molecule has 104 valence electrons. The summed E-state index contributed by atoms with van der Waals surface area (Å²) in [5.74, 6) is -0.606. The van der Waals surface area contributed by atoms with E-state index < -0.39 is 0 Å². The molecule has 0 saturated carbocycles. The van der Waals surface area contributed by atoms with Crippen molar-refractivity contribution in [2.75, 3.05) is 13.2 Å². The molecule has 19 heavy (non-hydrogen) atoms. The molecule has 1 heterocycles. The first kappa shape index (κ1) is 14.1. The monoisotopic (exact) mass is 281 g/mol. The zero-order valence-electron chi connectivity index (χ0n) is 11.2. The second-order valence-electron chi connectivity index (χ2n) is 4.68. The van der Waals surface area contributed by atoms with Gasteiger partial charge in [0.25, 0.3) is 5.91 Å². The first-order valence-electron chi connectivity index (χ1n) is 6.75. The number of nitrogens with one attached hydrogen (secondary N) is 1. The summed E-state index contributed by atoms with van der Waals surface area (Å²) in [6.45, 7) is 2.40. The van der Waals surface area contributed by atoms with Crippen LogP contribution in [0.1, 0.15) is 47.0 Å². The first-order chi connectivity index (χ1) is 9.22. The largest absolute Gasteiger partial charge is 0.452 e. The second-order valence-corrected chi connectivity index (χ2v) is 5.65. The molecule has 0 spiro atoms. The van der Waals surface area contributed by atoms with Gasteiger partial charge in [0.15, 0.2) is 6.61 Å². The molecule has 0 aromatic carbocycles. The molecular weight excluding hydrogens is 262 g/mol. The van der Waals surface area contributed by atoms with Crippen molar-refractivity contribution in [3.63, 3.8) is 0 Å². The third-order valence-electron chi connectivity index (χ3n) is 3.19. The maximum Gasteiger partial charge on any atom is 0.339 e. The van der Waals surface area contributed by atoms with Crippen LogP contribution in [0.2, 0.25) is 0 Å². The summed E-state index contributed by atoms with van der Waals surface area (Å²) in [7, 11) is 0. The molecule has 1 aromatic rings. The van der Waals surface area contributed by atoms with Gasteiger partial charge in [0.1, 0.15) is 0 Å². The van der Waals surface area contributed by atoms with Gasteiger partial charge in [-0.25, -0.2) is 4.79 Å². The lowest BCUT2D eigenvalue weighted by Gasteiger charge is -2.12. The van der Waals surface area contributed by atoms with E-state index in [9.17, 15) is 9.59 Å². The van der Waals surface area contributed by atoms with Crippen molar-refractivity contribution >= 4 is 23.2 Å². The van der Waals surface area contributed by atoms with Gasteiger partial charge >= 0.3 is 5.97 Å². The second kappa shape index (κ2) is 6.70. The Hall–Kier alpha value is -1.36. The molecule has 2 rings (SSSR count). The Bertz CT molecular complexity index is 467. The molecule has 4 nitrogen and oxygen atoms in total. The van der Waals surface area contributed by atoms with Crippen molar-refractivity contribution in [3.8, 4) is 0 Å². The summed E-state index contributed by atoms with van der Waals surface area (Å²) in [4.78, 5) is 24.6. The molecule has 5 heteroatoms. The first-order valence-corrected chi connectivity index (χ1v) is 7.63. The molecule has 1 amide bonds. The minimum Gasteiger partial charge on any atom is -0.452 e. The van der Waals surface area contributed by atoms with Gasteiger partial charge in [-0.1, -0.05) is 6.92 Å². The SMILES string of the molecule is CCCNC(=O)COC(=O)c1csc2c1CCCC2. The molecular formula is C14H19NO3S. The van der Waals surface area contributed by atoms with Crippen LogP contribution in [0, 0.1) is 0 Å². The van der Waals surface area contributed by atoms with E-state index in [1.165, 1.54) is 11.3 Å². The topological polar surface area (TPSA) is 55.4 Å². The predicted octanol–water partition coefficient (Wildman–Crippen LogP) is 2.31. The number of carbonyl (C=O) groups excluding carboxylic acids is 2. The Labute approximate surface area is 117 Å². The van der Waals surface area contributed by atoms with Crippen molar-refractivity contribution in [1.29, 1.82) is 0 Å². The van der Waals surface area contributed by atoms with Crippen molar-refractivity contribution in [3.05, 3.63) is 21.4 Å². The highest BCUT2D eigenvalue weighted by molar-refractivity contribution is 7.10. The van der Waals surface area contributed by atoms with E-state index in [2.05, 4.69) is 5.32 Å². The fourth-order valence-corrected chi connectivity index (χ4v) is 3.30. The smallest absolute Gasteiger partial charge is 0.339 e. The summed E-state index contributed by atoms with van der Waals surface area (Å²) in [6, 6.07) is 0. The summed E-state index contributed by atoms with van der Waals surface area (Å²) in [5.41, 5.74) is 1.79. The number of thiophene rings is 1. The van der Waals surface area contributed by atoms with Crippen LogP contribution in [-0.4, -0.2) is 25.0 Å². The highest BCUT2D eigenvalue weighted by Crippen LogP contribution is 2.30. The third-order valence-corrected chi connectivity index (χ3v) is 4.28. The summed E-state index contributed by atoms with van der Waals surface area (Å²) < 4.78 is 5.07. The molecule has 0 radical (unpaired) electrons. The maximum absolute atomic E-state index is 12.0. The molecule has 1 aromatic heterocycles. The van der Waals surface area contributed by atoms with Crippen LogP contribution in [0.25, 0.3) is 0 Å². The van der Waals surface area contributed by atoms with E-state index in [0.29, 0.717) is 12.1 Å². The molecule has 0 fully saturated rings. The lowest BCUT2D eigenvalue weighted by atomic mass is 9.96. The summed E-state index contributed by atoms with van der Waals surface area (Å²) in [5, 5.41) is 4.55. The molecule has 1 N–H and O–H groups in total. The van der Waals surface area contributed by atoms with E-state index in [1.807, 2.05) is 12.3 Å². The predicted molar refractivity (Wildman–Crippen MR) is 74.5 cm³/mol. The molecule has 0 bridgehead atoms. The Morgan fingerprint density at radius 3 is 2.95 bits per heavy atom. The number of fused-ring (bicyclic) bond motifs is 1. The zero-order valence-corrected chi connectivity index (χ0v) is 12.0. The van der Waals surface area contributed by atoms with Gasteiger partial charge in [0.2, 0.25) is 0 Å². The van der Waals surface area contributed by atoms with Crippen LogP contribution in [0.15, 0.2) is 5.38 Å². The van der Waals surface area contributed by atoms with Crippen LogP contribution in [0.3, 0.4) is 0 Å². The van der Waals surface area contributed by atoms with Crippen LogP contribution in [0.5, 0.6) is 0 Å². The number of carbonyl (C=O) groups is 2. The number of ether oxygens (including phenoxy) is 1. The number of hydrogen-bond donors (Lipinski definition) is 1. The van der Waals surface area contributed by atoms with E-state index in [0.717, 1.165) is 31.2 Å². The Morgan fingerprint density at radius 1 is 1.37 bits per heavy atom. The highest BCUT2D eigenvalue weighted by Gasteiger charge is 2.21. The van der Waals surface area contributed by atoms with E-state index in [4.69, 9.17) is 4.74 Å². The van der Waals surface area contributed by atoms with Gasteiger partial charge in [-0.05, 0) is 37.7 Å². The van der Waals surface area contributed by atoms with Gasteiger partial charge in [-0.2, -0.15) is 0 Å². The van der Waals surface area contributed by atoms with Gasteiger partial charge < -0.3 is 10.1 Å². The van der Waals surface area contributed by atoms with Crippen molar-refractivity contribution in [2.24, 2.45) is 0 Å². The fraction of sp³-hybridized carbons (Fsp3) is 0.571. The zero-order chi connectivity index (χ0) is 13.7. The van der Waals surface area contributed by atoms with Gasteiger partial charge in [-0.3, -0.25) is 4.79 Å². The number of aryl methyl sites for hydroxylation is 1. The summed E-state index contributed by atoms with van der Waals surface area (Å²) in [6.07, 6.45) is 5.20. The average molecular weight is 281 g/mol. The van der Waals surface area contributed by atoms with Crippen molar-refractivity contribution < 1.29 is 14.3 Å². The average Bonchev–Trinajstić information content (AvgIpc) is 2.86. The van der Waals surface area contributed by atoms with Crippen molar-refractivity contribution in [2.45, 2.75) is 39.0 Å². The third kappa shape index (κ3) is 3.56. The van der Waals surface area contributed by atoms with E-state index >= 15 is 0 Å². The molecule has 0 atom stereocenters. The Morgan fingerprint density at radius 2 is 2.16 bits per heavy atom. The van der Waals surface area contributed by atoms with E-state index in [1.54, 1.807) is 11.3 Å². The van der Waals surface area contributed by atoms with Crippen LogP contribution >= 0.6 is 11.3 Å². The molecule has 1 aliphatic rings.